The third-order valence-electron chi connectivity index (χ3n) is 1.92. The number of aliphatic hydroxyl groups excluding tert-OH is 1. The molecule has 1 aromatic carbocycles. The van der Waals surface area contributed by atoms with Crippen LogP contribution in [-0.2, 0) is 0 Å². The van der Waals surface area contributed by atoms with Crippen molar-refractivity contribution in [3.63, 3.8) is 0 Å². The highest BCUT2D eigenvalue weighted by atomic mass is 19.1. The van der Waals surface area contributed by atoms with Crippen LogP contribution in [0.5, 0.6) is 5.75 Å². The molecule has 0 amide bonds. The number of aromatic hydroxyl groups is 1. The first-order chi connectivity index (χ1) is 6.20. The summed E-state index contributed by atoms with van der Waals surface area (Å²) < 4.78 is 12.9. The van der Waals surface area contributed by atoms with Crippen molar-refractivity contribution in [2.75, 3.05) is 13.7 Å². The molecule has 0 fully saturated rings. The first-order valence-electron chi connectivity index (χ1n) is 3.96. The van der Waals surface area contributed by atoms with Gasteiger partial charge in [-0.3, -0.25) is 0 Å². The summed E-state index contributed by atoms with van der Waals surface area (Å²) in [5.41, 5.74) is 0.366. The van der Waals surface area contributed by atoms with Crippen LogP contribution < -0.4 is 5.32 Å². The van der Waals surface area contributed by atoms with Crippen molar-refractivity contribution in [1.29, 1.82) is 0 Å². The Labute approximate surface area is 75.8 Å². The van der Waals surface area contributed by atoms with Crippen molar-refractivity contribution in [2.24, 2.45) is 0 Å². The van der Waals surface area contributed by atoms with Crippen LogP contribution in [-0.4, -0.2) is 23.9 Å². The largest absolute Gasteiger partial charge is 0.505 e. The second kappa shape index (κ2) is 4.20. The van der Waals surface area contributed by atoms with Crippen LogP contribution in [0.2, 0.25) is 0 Å². The summed E-state index contributed by atoms with van der Waals surface area (Å²) in [6.45, 7) is -0.187. The quantitative estimate of drug-likeness (QED) is 0.652. The van der Waals surface area contributed by atoms with E-state index in [0.717, 1.165) is 0 Å². The number of hydrogen-bond donors (Lipinski definition) is 3. The number of halogens is 1. The minimum atomic E-state index is -0.675. The molecule has 1 atom stereocenters. The normalized spacial score (nSPS) is 12.8. The van der Waals surface area contributed by atoms with Gasteiger partial charge in [-0.1, -0.05) is 12.1 Å². The van der Waals surface area contributed by atoms with Crippen LogP contribution in [0.3, 0.4) is 0 Å². The predicted octanol–water partition coefficient (Wildman–Crippen LogP) is 0.784. The van der Waals surface area contributed by atoms with E-state index < -0.39 is 17.6 Å². The summed E-state index contributed by atoms with van der Waals surface area (Å²) in [5, 5.41) is 21.0. The molecule has 0 heterocycles. The summed E-state index contributed by atoms with van der Waals surface area (Å²) in [6, 6.07) is 3.79. The van der Waals surface area contributed by atoms with Gasteiger partial charge in [0.25, 0.3) is 0 Å². The van der Waals surface area contributed by atoms with E-state index in [4.69, 9.17) is 5.11 Å². The number of para-hydroxylation sites is 1. The van der Waals surface area contributed by atoms with E-state index >= 15 is 0 Å². The van der Waals surface area contributed by atoms with Crippen LogP contribution in [0.25, 0.3) is 0 Å². The lowest BCUT2D eigenvalue weighted by Crippen LogP contribution is -2.20. The average Bonchev–Trinajstić information content (AvgIpc) is 2.14. The monoisotopic (exact) mass is 185 g/mol. The number of benzene rings is 1. The zero-order chi connectivity index (χ0) is 9.84. The van der Waals surface area contributed by atoms with E-state index in [1.54, 1.807) is 13.1 Å². The van der Waals surface area contributed by atoms with Crippen molar-refractivity contribution in [1.82, 2.24) is 5.32 Å². The predicted molar refractivity (Wildman–Crippen MR) is 47.0 cm³/mol. The maximum absolute atomic E-state index is 12.9. The van der Waals surface area contributed by atoms with Crippen molar-refractivity contribution >= 4 is 0 Å². The molecule has 0 bridgehead atoms. The zero-order valence-electron chi connectivity index (χ0n) is 7.29. The lowest BCUT2D eigenvalue weighted by Gasteiger charge is -2.14. The molecule has 0 spiro atoms. The van der Waals surface area contributed by atoms with E-state index in [1.807, 2.05) is 0 Å². The first-order valence-corrected chi connectivity index (χ1v) is 3.96. The van der Waals surface area contributed by atoms with Gasteiger partial charge in [0.05, 0.1) is 12.6 Å². The molecule has 0 aliphatic carbocycles. The molecule has 0 saturated carbocycles. The van der Waals surface area contributed by atoms with Crippen molar-refractivity contribution in [3.8, 4) is 5.75 Å². The van der Waals surface area contributed by atoms with Gasteiger partial charge in [0, 0.05) is 5.56 Å². The number of phenolic OH excluding ortho intramolecular Hbond substituents is 1. The molecular weight excluding hydrogens is 173 g/mol. The molecule has 1 rings (SSSR count). The van der Waals surface area contributed by atoms with Crippen LogP contribution in [0.4, 0.5) is 4.39 Å². The molecule has 0 saturated heterocycles. The van der Waals surface area contributed by atoms with Gasteiger partial charge in [0.15, 0.2) is 11.6 Å². The SMILES string of the molecule is CN[C@H](CO)c1cccc(F)c1O. The number of phenols is 1. The van der Waals surface area contributed by atoms with Crippen LogP contribution in [0, 0.1) is 5.82 Å². The van der Waals surface area contributed by atoms with Gasteiger partial charge >= 0.3 is 0 Å². The molecule has 0 aliphatic heterocycles. The van der Waals surface area contributed by atoms with E-state index in [-0.39, 0.29) is 6.61 Å². The van der Waals surface area contributed by atoms with E-state index in [1.165, 1.54) is 12.1 Å². The van der Waals surface area contributed by atoms with E-state index in [2.05, 4.69) is 5.32 Å². The van der Waals surface area contributed by atoms with Gasteiger partial charge in [0.2, 0.25) is 0 Å². The lowest BCUT2D eigenvalue weighted by atomic mass is 10.1. The molecule has 72 valence electrons. The fourth-order valence-corrected chi connectivity index (χ4v) is 1.16. The third-order valence-corrected chi connectivity index (χ3v) is 1.92. The molecule has 1 aromatic rings. The minimum absolute atomic E-state index is 0.187. The summed E-state index contributed by atoms with van der Waals surface area (Å²) in [4.78, 5) is 0. The number of rotatable bonds is 3. The van der Waals surface area contributed by atoms with Crippen LogP contribution in [0.15, 0.2) is 18.2 Å². The Morgan fingerprint density at radius 3 is 2.77 bits per heavy atom. The Balaban J connectivity index is 3.05. The van der Waals surface area contributed by atoms with Crippen LogP contribution in [0.1, 0.15) is 11.6 Å². The number of aliphatic hydroxyl groups is 1. The minimum Gasteiger partial charge on any atom is -0.505 e. The highest BCUT2D eigenvalue weighted by molar-refractivity contribution is 5.36. The molecular formula is C9H12FNO2. The molecule has 0 aliphatic rings. The second-order valence-electron chi connectivity index (χ2n) is 2.70. The first kappa shape index (κ1) is 9.95. The molecule has 4 heteroatoms. The van der Waals surface area contributed by atoms with Crippen LogP contribution >= 0.6 is 0 Å². The Kier molecular flexibility index (Phi) is 3.22. The molecule has 3 N–H and O–H groups in total. The smallest absolute Gasteiger partial charge is 0.165 e. The Morgan fingerprint density at radius 2 is 2.23 bits per heavy atom. The Hall–Kier alpha value is -1.13. The van der Waals surface area contributed by atoms with E-state index in [9.17, 15) is 9.50 Å². The van der Waals surface area contributed by atoms with Crippen molar-refractivity contribution < 1.29 is 14.6 Å². The highest BCUT2D eigenvalue weighted by Gasteiger charge is 2.14. The van der Waals surface area contributed by atoms with Gasteiger partial charge in [-0.15, -0.1) is 0 Å². The van der Waals surface area contributed by atoms with E-state index in [0.29, 0.717) is 5.56 Å². The molecule has 3 nitrogen and oxygen atoms in total. The second-order valence-corrected chi connectivity index (χ2v) is 2.70. The highest BCUT2D eigenvalue weighted by Crippen LogP contribution is 2.26. The average molecular weight is 185 g/mol. The standard InChI is InChI=1S/C9H12FNO2/c1-11-8(5-12)6-3-2-4-7(10)9(6)13/h2-4,8,11-13H,5H2,1H3/t8-/m1/s1. The molecule has 0 unspecified atom stereocenters. The van der Waals surface area contributed by atoms with Crippen molar-refractivity contribution in [2.45, 2.75) is 6.04 Å². The number of hydrogen-bond acceptors (Lipinski definition) is 3. The lowest BCUT2D eigenvalue weighted by molar-refractivity contribution is 0.247. The number of nitrogens with one attached hydrogen (secondary N) is 1. The van der Waals surface area contributed by atoms with Crippen molar-refractivity contribution in [3.05, 3.63) is 29.6 Å². The molecule has 0 radical (unpaired) electrons. The third kappa shape index (κ3) is 1.96. The fourth-order valence-electron chi connectivity index (χ4n) is 1.16. The molecule has 13 heavy (non-hydrogen) atoms. The van der Waals surface area contributed by atoms with Gasteiger partial charge < -0.3 is 15.5 Å². The topological polar surface area (TPSA) is 52.5 Å². The summed E-state index contributed by atoms with van der Waals surface area (Å²) in [7, 11) is 1.63. The molecule has 0 aromatic heterocycles. The number of likely N-dealkylation sites (N-methyl/N-ethyl adjacent to an activating group) is 1. The summed E-state index contributed by atoms with van der Waals surface area (Å²) >= 11 is 0. The van der Waals surface area contributed by atoms with Gasteiger partial charge in [-0.25, -0.2) is 4.39 Å². The Bertz CT molecular complexity index is 287. The zero-order valence-corrected chi connectivity index (χ0v) is 7.29. The van der Waals surface area contributed by atoms with Gasteiger partial charge in [0.1, 0.15) is 0 Å². The maximum atomic E-state index is 12.9. The fraction of sp³-hybridized carbons (Fsp3) is 0.333. The maximum Gasteiger partial charge on any atom is 0.165 e. The van der Waals surface area contributed by atoms with Gasteiger partial charge in [-0.2, -0.15) is 0 Å². The van der Waals surface area contributed by atoms with Gasteiger partial charge in [-0.05, 0) is 13.1 Å². The summed E-state index contributed by atoms with van der Waals surface area (Å²) in [5.74, 6) is -1.08. The summed E-state index contributed by atoms with van der Waals surface area (Å²) in [6.07, 6.45) is 0. The Morgan fingerprint density at radius 1 is 1.54 bits per heavy atom.